The molecule has 0 N–H and O–H groups in total. The number of hydrogen-bond acceptors (Lipinski definition) is 4. The van der Waals surface area contributed by atoms with Crippen molar-refractivity contribution in [2.45, 2.75) is 77.6 Å². The van der Waals surface area contributed by atoms with Crippen LogP contribution in [0.15, 0.2) is 12.2 Å². The van der Waals surface area contributed by atoms with E-state index in [9.17, 15) is 9.59 Å². The number of unbranched alkanes of at least 4 members (excludes halogenated alkanes) is 8. The Morgan fingerprint density at radius 3 is 1.78 bits per heavy atom. The number of esters is 2. The predicted molar refractivity (Wildman–Crippen MR) is 93.1 cm³/mol. The first-order valence-electron chi connectivity index (χ1n) is 8.98. The summed E-state index contributed by atoms with van der Waals surface area (Å²) >= 11 is 0. The summed E-state index contributed by atoms with van der Waals surface area (Å²) < 4.78 is 9.29. The smallest absolute Gasteiger partial charge is 0.320 e. The number of rotatable bonds is 14. The summed E-state index contributed by atoms with van der Waals surface area (Å²) in [6.45, 7) is 2.22. The summed E-state index contributed by atoms with van der Waals surface area (Å²) in [6, 6.07) is 0. The maximum absolute atomic E-state index is 11.5. The van der Waals surface area contributed by atoms with E-state index in [0.717, 1.165) is 25.7 Å². The lowest BCUT2D eigenvalue weighted by Crippen LogP contribution is -2.26. The number of carbonyl (C=O) groups is 2. The van der Waals surface area contributed by atoms with E-state index in [-0.39, 0.29) is 0 Å². The van der Waals surface area contributed by atoms with Crippen molar-refractivity contribution in [1.29, 1.82) is 0 Å². The van der Waals surface area contributed by atoms with Crippen molar-refractivity contribution in [1.82, 2.24) is 0 Å². The van der Waals surface area contributed by atoms with Crippen molar-refractivity contribution in [3.63, 3.8) is 0 Å². The van der Waals surface area contributed by atoms with Crippen LogP contribution in [0.5, 0.6) is 0 Å². The van der Waals surface area contributed by atoms with Crippen LogP contribution in [0.1, 0.15) is 77.6 Å². The van der Waals surface area contributed by atoms with Gasteiger partial charge in [0, 0.05) is 0 Å². The van der Waals surface area contributed by atoms with E-state index in [2.05, 4.69) is 28.5 Å². The van der Waals surface area contributed by atoms with E-state index >= 15 is 0 Å². The molecule has 0 spiro atoms. The molecule has 0 unspecified atom stereocenters. The summed E-state index contributed by atoms with van der Waals surface area (Å²) in [5, 5.41) is 0. The Morgan fingerprint density at radius 1 is 0.783 bits per heavy atom. The van der Waals surface area contributed by atoms with Gasteiger partial charge in [-0.15, -0.1) is 0 Å². The number of hydrogen-bond donors (Lipinski definition) is 0. The minimum absolute atomic E-state index is 0.495. The van der Waals surface area contributed by atoms with Crippen LogP contribution in [0.2, 0.25) is 0 Å². The monoisotopic (exact) mass is 326 g/mol. The van der Waals surface area contributed by atoms with Crippen LogP contribution in [0.4, 0.5) is 0 Å². The molecule has 0 aliphatic rings. The second kappa shape index (κ2) is 15.6. The van der Waals surface area contributed by atoms with Gasteiger partial charge in [-0.25, -0.2) is 0 Å². The minimum Gasteiger partial charge on any atom is -0.468 e. The van der Waals surface area contributed by atoms with Crippen molar-refractivity contribution in [2.75, 3.05) is 14.2 Å². The van der Waals surface area contributed by atoms with Crippen molar-refractivity contribution < 1.29 is 19.1 Å². The van der Waals surface area contributed by atoms with Crippen LogP contribution >= 0.6 is 0 Å². The van der Waals surface area contributed by atoms with E-state index in [1.165, 1.54) is 52.7 Å². The van der Waals surface area contributed by atoms with Crippen LogP contribution in [0.3, 0.4) is 0 Å². The Kier molecular flexibility index (Phi) is 14.7. The van der Waals surface area contributed by atoms with Gasteiger partial charge >= 0.3 is 11.9 Å². The zero-order valence-electron chi connectivity index (χ0n) is 15.1. The van der Waals surface area contributed by atoms with Gasteiger partial charge in [0.25, 0.3) is 0 Å². The topological polar surface area (TPSA) is 52.6 Å². The Balaban J connectivity index is 3.60. The highest BCUT2D eigenvalue weighted by Gasteiger charge is 2.27. The molecule has 0 fully saturated rings. The van der Waals surface area contributed by atoms with E-state index in [1.54, 1.807) is 0 Å². The SMILES string of the molecule is CCCCCC=CCCCCCCCC(C(=O)OC)C(=O)OC. The Hall–Kier alpha value is -1.32. The highest BCUT2D eigenvalue weighted by atomic mass is 16.5. The molecule has 23 heavy (non-hydrogen) atoms. The van der Waals surface area contributed by atoms with Crippen LogP contribution in [-0.2, 0) is 19.1 Å². The molecule has 0 rings (SSSR count). The van der Waals surface area contributed by atoms with Crippen molar-refractivity contribution in [3.05, 3.63) is 12.2 Å². The molecule has 0 bridgehead atoms. The molecule has 0 saturated carbocycles. The molecule has 0 radical (unpaired) electrons. The number of methoxy groups -OCH3 is 2. The number of allylic oxidation sites excluding steroid dienone is 2. The first kappa shape index (κ1) is 21.7. The molecule has 0 amide bonds. The van der Waals surface area contributed by atoms with Gasteiger partial charge in [0.15, 0.2) is 5.92 Å². The average molecular weight is 326 g/mol. The molecule has 0 heterocycles. The summed E-state index contributed by atoms with van der Waals surface area (Å²) in [6.07, 6.45) is 16.8. The minimum atomic E-state index is -0.768. The quantitative estimate of drug-likeness (QED) is 0.199. The van der Waals surface area contributed by atoms with Crippen LogP contribution in [-0.4, -0.2) is 26.2 Å². The highest BCUT2D eigenvalue weighted by Crippen LogP contribution is 2.15. The van der Waals surface area contributed by atoms with Gasteiger partial charge in [0.1, 0.15) is 0 Å². The standard InChI is InChI=1S/C19H34O4/c1-4-5-6-7-8-9-10-11-12-13-14-15-16-17(18(20)22-2)19(21)23-3/h8-9,17H,4-7,10-16H2,1-3H3. The molecule has 134 valence electrons. The predicted octanol–water partition coefficient (Wildman–Crippen LogP) is 4.82. The molecule has 0 aliphatic carbocycles. The fourth-order valence-corrected chi connectivity index (χ4v) is 2.51. The van der Waals surface area contributed by atoms with Crippen LogP contribution < -0.4 is 0 Å². The van der Waals surface area contributed by atoms with Gasteiger partial charge in [-0.3, -0.25) is 9.59 Å². The average Bonchev–Trinajstić information content (AvgIpc) is 2.57. The Labute approximate surface area is 141 Å². The highest BCUT2D eigenvalue weighted by molar-refractivity contribution is 5.94. The van der Waals surface area contributed by atoms with Gasteiger partial charge in [0.05, 0.1) is 14.2 Å². The Morgan fingerprint density at radius 2 is 1.26 bits per heavy atom. The van der Waals surface area contributed by atoms with E-state index in [4.69, 9.17) is 0 Å². The molecule has 0 aliphatic heterocycles. The molecule has 0 aromatic heterocycles. The second-order valence-corrected chi connectivity index (χ2v) is 5.91. The van der Waals surface area contributed by atoms with Gasteiger partial charge in [-0.05, 0) is 32.1 Å². The van der Waals surface area contributed by atoms with Gasteiger partial charge in [-0.1, -0.05) is 57.6 Å². The lowest BCUT2D eigenvalue weighted by atomic mass is 10.0. The third kappa shape index (κ3) is 11.8. The number of carbonyl (C=O) groups excluding carboxylic acids is 2. The summed E-state index contributed by atoms with van der Waals surface area (Å²) in [4.78, 5) is 23.0. The van der Waals surface area contributed by atoms with Crippen molar-refractivity contribution >= 4 is 11.9 Å². The molecule has 0 atom stereocenters. The second-order valence-electron chi connectivity index (χ2n) is 5.91. The number of ether oxygens (including phenoxy) is 2. The fraction of sp³-hybridized carbons (Fsp3) is 0.789. The molecule has 0 aromatic rings. The van der Waals surface area contributed by atoms with Crippen molar-refractivity contribution in [2.24, 2.45) is 5.92 Å². The first-order chi connectivity index (χ1) is 11.2. The third-order valence-corrected chi connectivity index (χ3v) is 3.98. The lowest BCUT2D eigenvalue weighted by molar-refractivity contribution is -0.159. The maximum Gasteiger partial charge on any atom is 0.320 e. The van der Waals surface area contributed by atoms with Gasteiger partial charge < -0.3 is 9.47 Å². The molecular weight excluding hydrogens is 292 g/mol. The van der Waals surface area contributed by atoms with E-state index in [0.29, 0.717) is 6.42 Å². The Bertz CT molecular complexity index is 320. The summed E-state index contributed by atoms with van der Waals surface area (Å²) in [7, 11) is 2.60. The molecule has 4 heteroatoms. The molecule has 0 saturated heterocycles. The van der Waals surface area contributed by atoms with Gasteiger partial charge in [0.2, 0.25) is 0 Å². The van der Waals surface area contributed by atoms with Crippen LogP contribution in [0, 0.1) is 5.92 Å². The third-order valence-electron chi connectivity index (χ3n) is 3.98. The van der Waals surface area contributed by atoms with E-state index in [1.807, 2.05) is 0 Å². The summed E-state index contributed by atoms with van der Waals surface area (Å²) in [5.74, 6) is -1.76. The van der Waals surface area contributed by atoms with Crippen molar-refractivity contribution in [3.8, 4) is 0 Å². The first-order valence-corrected chi connectivity index (χ1v) is 8.98. The van der Waals surface area contributed by atoms with E-state index < -0.39 is 17.9 Å². The maximum atomic E-state index is 11.5. The normalized spacial score (nSPS) is 11.1. The van der Waals surface area contributed by atoms with Crippen LogP contribution in [0.25, 0.3) is 0 Å². The molecule has 4 nitrogen and oxygen atoms in total. The lowest BCUT2D eigenvalue weighted by Gasteiger charge is -2.11. The fourth-order valence-electron chi connectivity index (χ4n) is 2.51. The summed E-state index contributed by atoms with van der Waals surface area (Å²) in [5.41, 5.74) is 0. The molecular formula is C19H34O4. The zero-order chi connectivity index (χ0) is 17.3. The largest absolute Gasteiger partial charge is 0.468 e. The van der Waals surface area contributed by atoms with Gasteiger partial charge in [-0.2, -0.15) is 0 Å². The molecule has 0 aromatic carbocycles. The zero-order valence-corrected chi connectivity index (χ0v) is 15.1.